The minimum absolute atomic E-state index is 0.0289. The Morgan fingerprint density at radius 1 is 0.913 bits per heavy atom. The molecule has 0 saturated heterocycles. The van der Waals surface area contributed by atoms with Gasteiger partial charge in [0.05, 0.1) is 0 Å². The van der Waals surface area contributed by atoms with Crippen molar-refractivity contribution in [2.75, 3.05) is 0 Å². The normalized spacial score (nSPS) is 10.2. The van der Waals surface area contributed by atoms with Crippen LogP contribution in [0.15, 0.2) is 48.5 Å². The lowest BCUT2D eigenvalue weighted by Gasteiger charge is -2.05. The van der Waals surface area contributed by atoms with Gasteiger partial charge in [-0.15, -0.1) is 0 Å². The van der Waals surface area contributed by atoms with E-state index in [1.807, 2.05) is 0 Å². The fourth-order valence-corrected chi connectivity index (χ4v) is 1.98. The fraction of sp³-hybridized carbons (Fsp3) is 0.176. The average molecular weight is 337 g/mol. The second-order valence-electron chi connectivity index (χ2n) is 4.72. The van der Waals surface area contributed by atoms with Crippen LogP contribution in [-0.4, -0.2) is 11.9 Å². The highest BCUT2D eigenvalue weighted by atomic mass is 35.5. The van der Waals surface area contributed by atoms with Gasteiger partial charge in [0.25, 0.3) is 0 Å². The van der Waals surface area contributed by atoms with Crippen LogP contribution in [-0.2, 0) is 9.59 Å². The summed E-state index contributed by atoms with van der Waals surface area (Å²) in [5.41, 5.74) is 0. The summed E-state index contributed by atoms with van der Waals surface area (Å²) in [4.78, 5) is 23.2. The minimum atomic E-state index is -0.536. The van der Waals surface area contributed by atoms with Gasteiger partial charge in [-0.1, -0.05) is 23.7 Å². The molecule has 0 N–H and O–H groups in total. The molecule has 0 aliphatic rings. The van der Waals surface area contributed by atoms with E-state index < -0.39 is 17.8 Å². The Bertz CT molecular complexity index is 643. The Morgan fingerprint density at radius 2 is 1.48 bits per heavy atom. The molecule has 120 valence electrons. The van der Waals surface area contributed by atoms with E-state index >= 15 is 0 Å². The molecule has 0 saturated carbocycles. The zero-order valence-corrected chi connectivity index (χ0v) is 12.9. The molecule has 0 bridgehead atoms. The van der Waals surface area contributed by atoms with E-state index in [1.165, 1.54) is 24.3 Å². The van der Waals surface area contributed by atoms with Crippen LogP contribution >= 0.6 is 11.6 Å². The molecule has 2 aromatic rings. The molecule has 23 heavy (non-hydrogen) atoms. The van der Waals surface area contributed by atoms with Crippen LogP contribution < -0.4 is 9.47 Å². The van der Waals surface area contributed by atoms with Crippen molar-refractivity contribution >= 4 is 23.5 Å². The molecular weight excluding hydrogens is 323 g/mol. The Balaban J connectivity index is 1.71. The highest BCUT2D eigenvalue weighted by molar-refractivity contribution is 6.30. The first-order chi connectivity index (χ1) is 11.0. The van der Waals surface area contributed by atoms with Gasteiger partial charge in [0.1, 0.15) is 17.3 Å². The van der Waals surface area contributed by atoms with Gasteiger partial charge in [-0.25, -0.2) is 4.39 Å². The van der Waals surface area contributed by atoms with Gasteiger partial charge in [-0.3, -0.25) is 9.59 Å². The van der Waals surface area contributed by atoms with Crippen LogP contribution in [0.1, 0.15) is 19.3 Å². The summed E-state index contributed by atoms with van der Waals surface area (Å²) < 4.78 is 23.0. The molecule has 4 nitrogen and oxygen atoms in total. The molecule has 0 heterocycles. The number of halogens is 2. The molecule has 0 aliphatic heterocycles. The van der Waals surface area contributed by atoms with Crippen LogP contribution in [0.2, 0.25) is 5.02 Å². The summed E-state index contributed by atoms with van der Waals surface area (Å²) in [6.45, 7) is 0. The number of esters is 2. The smallest absolute Gasteiger partial charge is 0.311 e. The summed E-state index contributed by atoms with van der Waals surface area (Å²) >= 11 is 5.78. The zero-order chi connectivity index (χ0) is 16.7. The molecule has 2 aromatic carbocycles. The Morgan fingerprint density at radius 3 is 2.04 bits per heavy atom. The maximum absolute atomic E-state index is 12.9. The minimum Gasteiger partial charge on any atom is -0.426 e. The van der Waals surface area contributed by atoms with Crippen molar-refractivity contribution in [3.05, 3.63) is 59.4 Å². The van der Waals surface area contributed by atoms with Crippen molar-refractivity contribution in [3.8, 4) is 11.5 Å². The summed E-state index contributed by atoms with van der Waals surface area (Å²) in [6, 6.07) is 11.8. The van der Waals surface area contributed by atoms with Crippen molar-refractivity contribution in [2.45, 2.75) is 19.3 Å². The Labute approximate surface area is 137 Å². The highest BCUT2D eigenvalue weighted by Gasteiger charge is 2.09. The number of hydrogen-bond acceptors (Lipinski definition) is 4. The predicted octanol–water partition coefficient (Wildman–Crippen LogP) is 4.16. The van der Waals surface area contributed by atoms with Gasteiger partial charge in [-0.2, -0.15) is 0 Å². The third-order valence-electron chi connectivity index (χ3n) is 2.82. The number of benzene rings is 2. The van der Waals surface area contributed by atoms with E-state index in [0.717, 1.165) is 6.07 Å². The van der Waals surface area contributed by atoms with Gasteiger partial charge >= 0.3 is 11.9 Å². The lowest BCUT2D eigenvalue weighted by atomic mass is 10.2. The number of ether oxygens (including phenoxy) is 2. The maximum Gasteiger partial charge on any atom is 0.311 e. The third-order valence-corrected chi connectivity index (χ3v) is 3.05. The molecule has 0 aliphatic carbocycles. The summed E-state index contributed by atoms with van der Waals surface area (Å²) in [7, 11) is 0. The largest absolute Gasteiger partial charge is 0.426 e. The SMILES string of the molecule is O=C(CCCC(=O)Oc1cccc(Cl)c1)Oc1cccc(F)c1. The first-order valence-electron chi connectivity index (χ1n) is 6.95. The molecule has 0 aromatic heterocycles. The first-order valence-corrected chi connectivity index (χ1v) is 7.33. The Kier molecular flexibility index (Phi) is 6.11. The third kappa shape index (κ3) is 6.08. The molecule has 0 spiro atoms. The molecule has 0 fully saturated rings. The van der Waals surface area contributed by atoms with Crippen LogP contribution in [0.25, 0.3) is 0 Å². The molecule has 0 amide bonds. The van der Waals surface area contributed by atoms with E-state index in [0.29, 0.717) is 10.8 Å². The molecule has 0 atom stereocenters. The quantitative estimate of drug-likeness (QED) is 0.587. The molecule has 0 unspecified atom stereocenters. The van der Waals surface area contributed by atoms with Crippen molar-refractivity contribution in [2.24, 2.45) is 0 Å². The molecule has 6 heteroatoms. The van der Waals surface area contributed by atoms with Crippen molar-refractivity contribution < 1.29 is 23.5 Å². The van der Waals surface area contributed by atoms with Crippen LogP contribution in [0, 0.1) is 5.82 Å². The van der Waals surface area contributed by atoms with E-state index in [1.54, 1.807) is 18.2 Å². The van der Waals surface area contributed by atoms with Crippen LogP contribution in [0.4, 0.5) is 4.39 Å². The van der Waals surface area contributed by atoms with Gasteiger partial charge in [-0.05, 0) is 36.8 Å². The lowest BCUT2D eigenvalue weighted by Crippen LogP contribution is -2.11. The number of carbonyl (C=O) groups is 2. The molecule has 0 radical (unpaired) electrons. The maximum atomic E-state index is 12.9. The predicted molar refractivity (Wildman–Crippen MR) is 83.0 cm³/mol. The monoisotopic (exact) mass is 336 g/mol. The highest BCUT2D eigenvalue weighted by Crippen LogP contribution is 2.18. The summed E-state index contributed by atoms with van der Waals surface area (Å²) in [5.74, 6) is -1.00. The van der Waals surface area contributed by atoms with Gasteiger partial charge < -0.3 is 9.47 Å². The second kappa shape index (κ2) is 8.29. The second-order valence-corrected chi connectivity index (χ2v) is 5.15. The van der Waals surface area contributed by atoms with Gasteiger partial charge in [0.15, 0.2) is 0 Å². The summed E-state index contributed by atoms with van der Waals surface area (Å²) in [5, 5.41) is 0.467. The molecule has 2 rings (SSSR count). The van der Waals surface area contributed by atoms with Crippen molar-refractivity contribution in [3.63, 3.8) is 0 Å². The lowest BCUT2D eigenvalue weighted by molar-refractivity contribution is -0.136. The fourth-order valence-electron chi connectivity index (χ4n) is 1.80. The van der Waals surface area contributed by atoms with Gasteiger partial charge in [0, 0.05) is 23.9 Å². The van der Waals surface area contributed by atoms with Crippen molar-refractivity contribution in [1.29, 1.82) is 0 Å². The van der Waals surface area contributed by atoms with E-state index in [4.69, 9.17) is 21.1 Å². The summed E-state index contributed by atoms with van der Waals surface area (Å²) in [6.07, 6.45) is 0.361. The zero-order valence-electron chi connectivity index (χ0n) is 12.1. The standard InChI is InChI=1S/C17H14ClFO4/c18-12-4-1-6-14(10-12)22-16(20)8-3-9-17(21)23-15-7-2-5-13(19)11-15/h1-2,4-7,10-11H,3,8-9H2. The van der Waals surface area contributed by atoms with E-state index in [9.17, 15) is 14.0 Å². The number of hydrogen-bond donors (Lipinski definition) is 0. The van der Waals surface area contributed by atoms with E-state index in [-0.39, 0.29) is 25.0 Å². The molecular formula is C17H14ClFO4. The Hall–Kier alpha value is -2.40. The first kappa shape index (κ1) is 17.0. The van der Waals surface area contributed by atoms with Crippen LogP contribution in [0.5, 0.6) is 11.5 Å². The van der Waals surface area contributed by atoms with Gasteiger partial charge in [0.2, 0.25) is 0 Å². The van der Waals surface area contributed by atoms with E-state index in [2.05, 4.69) is 0 Å². The average Bonchev–Trinajstić information content (AvgIpc) is 2.47. The number of rotatable bonds is 6. The van der Waals surface area contributed by atoms with Crippen LogP contribution in [0.3, 0.4) is 0 Å². The topological polar surface area (TPSA) is 52.6 Å². The number of carbonyl (C=O) groups excluding carboxylic acids is 2. The van der Waals surface area contributed by atoms with Crippen molar-refractivity contribution in [1.82, 2.24) is 0 Å².